The van der Waals surface area contributed by atoms with Crippen molar-refractivity contribution in [1.29, 1.82) is 0 Å². The summed E-state index contributed by atoms with van der Waals surface area (Å²) in [5.41, 5.74) is 8.10. The zero-order chi connectivity index (χ0) is 11.7. The number of nitrogens with zero attached hydrogens (tertiary/aromatic N) is 1. The van der Waals surface area contributed by atoms with Crippen LogP contribution in [0, 0.1) is 0 Å². The van der Waals surface area contributed by atoms with E-state index in [1.165, 1.54) is 5.56 Å². The summed E-state index contributed by atoms with van der Waals surface area (Å²) in [5.74, 6) is 1.35. The van der Waals surface area contributed by atoms with Crippen LogP contribution in [0.15, 0.2) is 10.9 Å². The van der Waals surface area contributed by atoms with E-state index >= 15 is 0 Å². The van der Waals surface area contributed by atoms with Crippen molar-refractivity contribution in [2.45, 2.75) is 32.7 Å². The highest BCUT2D eigenvalue weighted by atomic mass is 16.1. The molecule has 1 aliphatic heterocycles. The van der Waals surface area contributed by atoms with E-state index in [-0.39, 0.29) is 5.56 Å². The maximum absolute atomic E-state index is 11.9. The van der Waals surface area contributed by atoms with Gasteiger partial charge in [0.25, 0.3) is 5.56 Å². The van der Waals surface area contributed by atoms with Gasteiger partial charge in [0.15, 0.2) is 0 Å². The molecule has 0 saturated heterocycles. The quantitative estimate of drug-likeness (QED) is 0.797. The molecule has 1 aromatic heterocycles. The Hall–Kier alpha value is -1.29. The van der Waals surface area contributed by atoms with E-state index in [9.17, 15) is 4.79 Å². The molecule has 0 atom stereocenters. The summed E-state index contributed by atoms with van der Waals surface area (Å²) in [4.78, 5) is 11.9. The van der Waals surface area contributed by atoms with E-state index in [1.807, 2.05) is 4.57 Å². The monoisotopic (exact) mass is 221 g/mol. The highest BCUT2D eigenvalue weighted by Gasteiger charge is 2.19. The third kappa shape index (κ3) is 1.73. The SMILES string of the molecule is CC(C)c1cc(=O)n2c(c1CCN)NCC2. The minimum atomic E-state index is 0.101. The number of nitrogens with one attached hydrogen (secondary N) is 1. The molecule has 0 aromatic carbocycles. The lowest BCUT2D eigenvalue weighted by molar-refractivity contribution is 0.747. The van der Waals surface area contributed by atoms with Crippen molar-refractivity contribution in [1.82, 2.24) is 4.57 Å². The van der Waals surface area contributed by atoms with Gasteiger partial charge in [-0.1, -0.05) is 13.8 Å². The highest BCUT2D eigenvalue weighted by molar-refractivity contribution is 5.52. The van der Waals surface area contributed by atoms with Gasteiger partial charge in [-0.2, -0.15) is 0 Å². The van der Waals surface area contributed by atoms with Crippen molar-refractivity contribution < 1.29 is 0 Å². The predicted molar refractivity (Wildman–Crippen MR) is 66.0 cm³/mol. The molecule has 1 aromatic rings. The lowest BCUT2D eigenvalue weighted by Crippen LogP contribution is -2.21. The molecule has 0 amide bonds. The first-order chi connectivity index (χ1) is 7.65. The normalized spacial score (nSPS) is 14.0. The van der Waals surface area contributed by atoms with Crippen LogP contribution in [0.25, 0.3) is 0 Å². The van der Waals surface area contributed by atoms with Crippen LogP contribution in [0.5, 0.6) is 0 Å². The molecule has 0 aliphatic carbocycles. The number of aromatic nitrogens is 1. The zero-order valence-electron chi connectivity index (χ0n) is 9.92. The van der Waals surface area contributed by atoms with Crippen LogP contribution >= 0.6 is 0 Å². The minimum absolute atomic E-state index is 0.101. The lowest BCUT2D eigenvalue weighted by Gasteiger charge is -2.16. The summed E-state index contributed by atoms with van der Waals surface area (Å²) < 4.78 is 1.82. The van der Waals surface area contributed by atoms with E-state index in [4.69, 9.17) is 5.73 Å². The molecule has 2 heterocycles. The van der Waals surface area contributed by atoms with E-state index in [1.54, 1.807) is 6.07 Å². The molecule has 4 heteroatoms. The van der Waals surface area contributed by atoms with Gasteiger partial charge < -0.3 is 11.1 Å². The van der Waals surface area contributed by atoms with Crippen molar-refractivity contribution in [3.05, 3.63) is 27.5 Å². The first-order valence-corrected chi connectivity index (χ1v) is 5.85. The lowest BCUT2D eigenvalue weighted by atomic mass is 9.96. The molecule has 0 saturated carbocycles. The average molecular weight is 221 g/mol. The van der Waals surface area contributed by atoms with E-state index in [2.05, 4.69) is 19.2 Å². The van der Waals surface area contributed by atoms with E-state index in [0.29, 0.717) is 12.5 Å². The van der Waals surface area contributed by atoms with Crippen LogP contribution in [0.3, 0.4) is 0 Å². The van der Waals surface area contributed by atoms with Crippen LogP contribution in [0.4, 0.5) is 5.82 Å². The van der Waals surface area contributed by atoms with Crippen molar-refractivity contribution in [2.75, 3.05) is 18.4 Å². The number of nitrogens with two attached hydrogens (primary N) is 1. The van der Waals surface area contributed by atoms with Gasteiger partial charge in [0.05, 0.1) is 0 Å². The third-order valence-electron chi connectivity index (χ3n) is 3.09. The highest BCUT2D eigenvalue weighted by Crippen LogP contribution is 2.26. The Kier molecular flexibility index (Phi) is 3.01. The van der Waals surface area contributed by atoms with Crippen LogP contribution in [0.2, 0.25) is 0 Å². The van der Waals surface area contributed by atoms with Crippen molar-refractivity contribution in [3.8, 4) is 0 Å². The Morgan fingerprint density at radius 1 is 1.56 bits per heavy atom. The number of rotatable bonds is 3. The second-order valence-electron chi connectivity index (χ2n) is 4.54. The van der Waals surface area contributed by atoms with Gasteiger partial charge in [-0.3, -0.25) is 9.36 Å². The third-order valence-corrected chi connectivity index (χ3v) is 3.09. The second-order valence-corrected chi connectivity index (χ2v) is 4.54. The number of anilines is 1. The molecule has 0 spiro atoms. The largest absolute Gasteiger partial charge is 0.369 e. The fraction of sp³-hybridized carbons (Fsp3) is 0.583. The maximum Gasteiger partial charge on any atom is 0.252 e. The van der Waals surface area contributed by atoms with Gasteiger partial charge in [0.2, 0.25) is 0 Å². The summed E-state index contributed by atoms with van der Waals surface area (Å²) in [5, 5.41) is 3.30. The van der Waals surface area contributed by atoms with Crippen molar-refractivity contribution in [3.63, 3.8) is 0 Å². The first-order valence-electron chi connectivity index (χ1n) is 5.85. The molecular weight excluding hydrogens is 202 g/mol. The fourth-order valence-electron chi connectivity index (χ4n) is 2.34. The Labute approximate surface area is 95.5 Å². The van der Waals surface area contributed by atoms with Crippen LogP contribution < -0.4 is 16.6 Å². The Morgan fingerprint density at radius 2 is 2.31 bits per heavy atom. The molecule has 0 radical (unpaired) electrons. The topological polar surface area (TPSA) is 60.0 Å². The standard InChI is InChI=1S/C12H19N3O/c1-8(2)10-7-11(16)15-6-5-14-12(15)9(10)3-4-13/h7-8,14H,3-6,13H2,1-2H3. The molecule has 1 aliphatic rings. The van der Waals surface area contributed by atoms with Crippen molar-refractivity contribution in [2.24, 2.45) is 5.73 Å². The minimum Gasteiger partial charge on any atom is -0.369 e. The molecular formula is C12H19N3O. The number of pyridine rings is 1. The summed E-state index contributed by atoms with van der Waals surface area (Å²) >= 11 is 0. The Bertz CT molecular complexity index is 448. The zero-order valence-corrected chi connectivity index (χ0v) is 9.92. The van der Waals surface area contributed by atoms with Gasteiger partial charge in [-0.25, -0.2) is 0 Å². The molecule has 16 heavy (non-hydrogen) atoms. The van der Waals surface area contributed by atoms with E-state index < -0.39 is 0 Å². The van der Waals surface area contributed by atoms with E-state index in [0.717, 1.165) is 30.9 Å². The van der Waals surface area contributed by atoms with Crippen molar-refractivity contribution >= 4 is 5.82 Å². The molecule has 0 bridgehead atoms. The van der Waals surface area contributed by atoms with Crippen LogP contribution in [-0.2, 0) is 13.0 Å². The molecule has 2 rings (SSSR count). The summed E-state index contributed by atoms with van der Waals surface area (Å²) in [6.45, 7) is 6.45. The predicted octanol–water partition coefficient (Wildman–Crippen LogP) is 0.898. The molecule has 0 fully saturated rings. The number of hydrogen-bond acceptors (Lipinski definition) is 3. The Balaban J connectivity index is 2.62. The average Bonchev–Trinajstić information content (AvgIpc) is 2.71. The maximum atomic E-state index is 11.9. The van der Waals surface area contributed by atoms with Crippen LogP contribution in [0.1, 0.15) is 30.9 Å². The fourth-order valence-corrected chi connectivity index (χ4v) is 2.34. The molecule has 4 nitrogen and oxygen atoms in total. The molecule has 3 N–H and O–H groups in total. The van der Waals surface area contributed by atoms with Gasteiger partial charge in [0, 0.05) is 19.2 Å². The Morgan fingerprint density at radius 3 is 2.94 bits per heavy atom. The van der Waals surface area contributed by atoms with Gasteiger partial charge in [0.1, 0.15) is 5.82 Å². The van der Waals surface area contributed by atoms with Gasteiger partial charge in [-0.05, 0) is 30.0 Å². The van der Waals surface area contributed by atoms with Gasteiger partial charge >= 0.3 is 0 Å². The second kappa shape index (κ2) is 4.29. The number of hydrogen-bond donors (Lipinski definition) is 2. The first kappa shape index (κ1) is 11.2. The molecule has 0 unspecified atom stereocenters. The summed E-state index contributed by atoms with van der Waals surface area (Å²) in [6, 6.07) is 1.77. The van der Waals surface area contributed by atoms with Gasteiger partial charge in [-0.15, -0.1) is 0 Å². The smallest absolute Gasteiger partial charge is 0.252 e. The van der Waals surface area contributed by atoms with Crippen LogP contribution in [-0.4, -0.2) is 17.7 Å². The summed E-state index contributed by atoms with van der Waals surface area (Å²) in [6.07, 6.45) is 0.829. The summed E-state index contributed by atoms with van der Waals surface area (Å²) in [7, 11) is 0. The number of fused-ring (bicyclic) bond motifs is 1. The molecule has 88 valence electrons.